The molecule has 0 atom stereocenters. The number of benzene rings is 3. The average Bonchev–Trinajstić information content (AvgIpc) is 3.02. The summed E-state index contributed by atoms with van der Waals surface area (Å²) in [6.07, 6.45) is 5.58. The highest BCUT2D eigenvalue weighted by molar-refractivity contribution is 7.17. The highest BCUT2D eigenvalue weighted by Crippen LogP contribution is 2.27. The number of carbonyl (C=O) groups is 1. The zero-order valence-corrected chi connectivity index (χ0v) is 16.0. The normalized spacial score (nSPS) is 11.8. The van der Waals surface area contributed by atoms with E-state index in [4.69, 9.17) is 6.42 Å². The highest BCUT2D eigenvalue weighted by atomic mass is 32.1. The lowest BCUT2D eigenvalue weighted by Crippen LogP contribution is -2.16. The van der Waals surface area contributed by atoms with Gasteiger partial charge in [0.25, 0.3) is 5.91 Å². The number of rotatable bonds is 2. The van der Waals surface area contributed by atoms with Gasteiger partial charge in [-0.05, 0) is 48.6 Å². The standard InChI is InChI=1S/C23H18N2OS/c1-4-13-25-20-12-11-17-7-5-6-8-19(17)21(20)27-23(25)24-22(26)18-10-9-15(2)16(3)14-18/h1,5-12,14H,13H2,2-3H3. The highest BCUT2D eigenvalue weighted by Gasteiger charge is 2.11. The van der Waals surface area contributed by atoms with Crippen molar-refractivity contribution in [1.82, 2.24) is 4.57 Å². The summed E-state index contributed by atoms with van der Waals surface area (Å²) in [5, 5.41) is 2.30. The van der Waals surface area contributed by atoms with E-state index in [1.807, 2.05) is 54.8 Å². The third kappa shape index (κ3) is 3.07. The van der Waals surface area contributed by atoms with Crippen molar-refractivity contribution in [1.29, 1.82) is 0 Å². The van der Waals surface area contributed by atoms with E-state index in [0.717, 1.165) is 32.1 Å². The van der Waals surface area contributed by atoms with E-state index in [1.165, 1.54) is 11.3 Å². The summed E-state index contributed by atoms with van der Waals surface area (Å²) in [4.78, 5) is 17.8. The number of hydrogen-bond donors (Lipinski definition) is 0. The minimum atomic E-state index is -0.250. The minimum absolute atomic E-state index is 0.250. The number of fused-ring (bicyclic) bond motifs is 3. The molecule has 3 aromatic carbocycles. The Bertz CT molecular complexity index is 1300. The van der Waals surface area contributed by atoms with Crippen molar-refractivity contribution >= 4 is 38.2 Å². The molecule has 0 spiro atoms. The van der Waals surface area contributed by atoms with Crippen LogP contribution in [0.15, 0.2) is 59.6 Å². The van der Waals surface area contributed by atoms with Crippen LogP contribution in [0.2, 0.25) is 0 Å². The summed E-state index contributed by atoms with van der Waals surface area (Å²) < 4.78 is 3.03. The number of amides is 1. The zero-order valence-electron chi connectivity index (χ0n) is 15.2. The van der Waals surface area contributed by atoms with Crippen molar-refractivity contribution in [3.8, 4) is 12.3 Å². The molecule has 1 heterocycles. The molecule has 27 heavy (non-hydrogen) atoms. The SMILES string of the molecule is C#CCn1c(=NC(=O)c2ccc(C)c(C)c2)sc2c3ccccc3ccc21. The third-order valence-electron chi connectivity index (χ3n) is 4.77. The van der Waals surface area contributed by atoms with Gasteiger partial charge in [0, 0.05) is 10.9 Å². The molecule has 0 aliphatic heterocycles. The first-order valence-corrected chi connectivity index (χ1v) is 9.51. The average molecular weight is 370 g/mol. The van der Waals surface area contributed by atoms with E-state index in [-0.39, 0.29) is 5.91 Å². The fraction of sp³-hybridized carbons (Fsp3) is 0.130. The van der Waals surface area contributed by atoms with Crippen LogP contribution in [-0.4, -0.2) is 10.5 Å². The molecule has 132 valence electrons. The maximum atomic E-state index is 12.7. The summed E-state index contributed by atoms with van der Waals surface area (Å²) in [7, 11) is 0. The predicted molar refractivity (Wildman–Crippen MR) is 112 cm³/mol. The smallest absolute Gasteiger partial charge is 0.279 e. The lowest BCUT2D eigenvalue weighted by atomic mass is 10.1. The van der Waals surface area contributed by atoms with Crippen molar-refractivity contribution < 1.29 is 4.79 Å². The van der Waals surface area contributed by atoms with Crippen LogP contribution in [-0.2, 0) is 6.54 Å². The number of aromatic nitrogens is 1. The lowest BCUT2D eigenvalue weighted by Gasteiger charge is -2.03. The van der Waals surface area contributed by atoms with Gasteiger partial charge in [-0.2, -0.15) is 4.99 Å². The predicted octanol–water partition coefficient (Wildman–Crippen LogP) is 4.85. The van der Waals surface area contributed by atoms with Crippen molar-refractivity contribution in [2.75, 3.05) is 0 Å². The van der Waals surface area contributed by atoms with Crippen molar-refractivity contribution in [3.05, 3.63) is 76.1 Å². The lowest BCUT2D eigenvalue weighted by molar-refractivity contribution is 0.0998. The second-order valence-corrected chi connectivity index (χ2v) is 7.50. The van der Waals surface area contributed by atoms with Crippen molar-refractivity contribution in [3.63, 3.8) is 0 Å². The molecule has 0 aliphatic carbocycles. The Morgan fingerprint density at radius 2 is 1.93 bits per heavy atom. The molecule has 4 heteroatoms. The number of hydrogen-bond acceptors (Lipinski definition) is 2. The first-order chi connectivity index (χ1) is 13.1. The Morgan fingerprint density at radius 3 is 2.70 bits per heavy atom. The molecule has 0 bridgehead atoms. The zero-order chi connectivity index (χ0) is 19.0. The third-order valence-corrected chi connectivity index (χ3v) is 5.90. The van der Waals surface area contributed by atoms with Crippen LogP contribution in [0.3, 0.4) is 0 Å². The molecule has 0 fully saturated rings. The van der Waals surface area contributed by atoms with Crippen molar-refractivity contribution in [2.45, 2.75) is 20.4 Å². The van der Waals surface area contributed by atoms with Gasteiger partial charge in [0.05, 0.1) is 16.8 Å². The monoisotopic (exact) mass is 370 g/mol. The summed E-state index contributed by atoms with van der Waals surface area (Å²) in [5.74, 6) is 2.43. The van der Waals surface area contributed by atoms with Crippen LogP contribution in [0.25, 0.3) is 21.0 Å². The minimum Gasteiger partial charge on any atom is -0.305 e. The van der Waals surface area contributed by atoms with Gasteiger partial charge in [-0.25, -0.2) is 0 Å². The second-order valence-electron chi connectivity index (χ2n) is 6.53. The number of terminal acetylenes is 1. The van der Waals surface area contributed by atoms with E-state index >= 15 is 0 Å². The van der Waals surface area contributed by atoms with E-state index < -0.39 is 0 Å². The molecule has 0 saturated carbocycles. The fourth-order valence-corrected chi connectivity index (χ4v) is 4.32. The summed E-state index contributed by atoms with van der Waals surface area (Å²) >= 11 is 1.50. The van der Waals surface area contributed by atoms with E-state index in [0.29, 0.717) is 16.9 Å². The molecular formula is C23H18N2OS. The first-order valence-electron chi connectivity index (χ1n) is 8.69. The number of carbonyl (C=O) groups excluding carboxylic acids is 1. The fourth-order valence-electron chi connectivity index (χ4n) is 3.15. The van der Waals surface area contributed by atoms with E-state index in [1.54, 1.807) is 0 Å². The maximum absolute atomic E-state index is 12.7. The maximum Gasteiger partial charge on any atom is 0.279 e. The van der Waals surface area contributed by atoms with Gasteiger partial charge in [0.15, 0.2) is 4.80 Å². The van der Waals surface area contributed by atoms with E-state index in [9.17, 15) is 4.79 Å². The molecule has 0 unspecified atom stereocenters. The van der Waals surface area contributed by atoms with Gasteiger partial charge < -0.3 is 4.57 Å². The van der Waals surface area contributed by atoms with Crippen LogP contribution in [0.5, 0.6) is 0 Å². The largest absolute Gasteiger partial charge is 0.305 e. The number of aryl methyl sites for hydroxylation is 2. The Balaban J connectivity index is 1.94. The summed E-state index contributed by atoms with van der Waals surface area (Å²) in [6.45, 7) is 4.40. The van der Waals surface area contributed by atoms with E-state index in [2.05, 4.69) is 29.1 Å². The van der Waals surface area contributed by atoms with Crippen LogP contribution < -0.4 is 4.80 Å². The Hall–Kier alpha value is -3.16. The van der Waals surface area contributed by atoms with Crippen LogP contribution in [0.1, 0.15) is 21.5 Å². The van der Waals surface area contributed by atoms with Gasteiger partial charge in [-0.1, -0.05) is 53.7 Å². The van der Waals surface area contributed by atoms with Gasteiger partial charge in [0.1, 0.15) is 0 Å². The topological polar surface area (TPSA) is 34.4 Å². The Kier molecular flexibility index (Phi) is 4.39. The molecule has 0 N–H and O–H groups in total. The number of nitrogens with zero attached hydrogens (tertiary/aromatic N) is 2. The molecule has 1 amide bonds. The molecule has 0 radical (unpaired) electrons. The molecule has 4 aromatic rings. The van der Waals surface area contributed by atoms with Gasteiger partial charge in [-0.3, -0.25) is 4.79 Å². The molecular weight excluding hydrogens is 352 g/mol. The first kappa shape index (κ1) is 17.3. The quantitative estimate of drug-likeness (QED) is 0.465. The van der Waals surface area contributed by atoms with Gasteiger partial charge in [-0.15, -0.1) is 6.42 Å². The van der Waals surface area contributed by atoms with Gasteiger partial charge in [0.2, 0.25) is 0 Å². The Morgan fingerprint density at radius 1 is 1.11 bits per heavy atom. The molecule has 4 rings (SSSR count). The summed E-state index contributed by atoms with van der Waals surface area (Å²) in [6, 6.07) is 18.0. The molecule has 1 aromatic heterocycles. The van der Waals surface area contributed by atoms with Crippen LogP contribution >= 0.6 is 11.3 Å². The number of thiazole rings is 1. The molecule has 0 aliphatic rings. The molecule has 3 nitrogen and oxygen atoms in total. The molecule has 0 saturated heterocycles. The van der Waals surface area contributed by atoms with Crippen molar-refractivity contribution in [2.24, 2.45) is 4.99 Å². The summed E-state index contributed by atoms with van der Waals surface area (Å²) in [5.41, 5.74) is 3.83. The van der Waals surface area contributed by atoms with Gasteiger partial charge >= 0.3 is 0 Å². The Labute approximate surface area is 161 Å². The van der Waals surface area contributed by atoms with Crippen LogP contribution in [0.4, 0.5) is 0 Å². The van der Waals surface area contributed by atoms with Crippen LogP contribution in [0, 0.1) is 26.2 Å². The second kappa shape index (κ2) is 6.86.